The summed E-state index contributed by atoms with van der Waals surface area (Å²) in [4.78, 5) is 38.4. The third kappa shape index (κ3) is 61.6. The van der Waals surface area contributed by atoms with Crippen LogP contribution in [0.1, 0.15) is 395 Å². The fourth-order valence-corrected chi connectivity index (χ4v) is 10.9. The van der Waals surface area contributed by atoms with Gasteiger partial charge in [-0.3, -0.25) is 14.4 Å². The zero-order chi connectivity index (χ0) is 55.5. The van der Waals surface area contributed by atoms with Crippen LogP contribution in [0.5, 0.6) is 0 Å². The van der Waals surface area contributed by atoms with Crippen LogP contribution >= 0.6 is 0 Å². The van der Waals surface area contributed by atoms with Crippen molar-refractivity contribution in [1.82, 2.24) is 0 Å². The number of carbonyl (C=O) groups is 3. The lowest BCUT2D eigenvalue weighted by molar-refractivity contribution is -0.167. The minimum Gasteiger partial charge on any atom is -0.462 e. The number of rotatable bonds is 63. The molecule has 6 nitrogen and oxygen atoms in total. The number of unbranched alkanes of at least 4 members (excludes halogenated alkanes) is 45. The molecule has 0 rings (SSSR count). The van der Waals surface area contributed by atoms with Crippen molar-refractivity contribution in [1.29, 1.82) is 0 Å². The lowest BCUT2D eigenvalue weighted by Crippen LogP contribution is -2.30. The molecule has 0 saturated heterocycles. The second-order valence-electron chi connectivity index (χ2n) is 25.4. The largest absolute Gasteiger partial charge is 0.462 e. The highest BCUT2D eigenvalue weighted by atomic mass is 16.6. The molecule has 0 N–H and O–H groups in total. The SMILES string of the molecule is CCC(C)CCCCCCCCCCCCCCCCCCCCC(=O)O[C@H](COC(=O)CCCCCCCCCCCCCCCCCCCCC(C)C)COC(=O)CCCCCCCCCCCCCCC(C)C. The molecular weight excluding hydrogens is 937 g/mol. The molecule has 0 aliphatic carbocycles. The predicted molar refractivity (Wildman–Crippen MR) is 330 cm³/mol. The van der Waals surface area contributed by atoms with E-state index in [9.17, 15) is 14.4 Å². The van der Waals surface area contributed by atoms with Crippen LogP contribution in [0.15, 0.2) is 0 Å². The summed E-state index contributed by atoms with van der Waals surface area (Å²) in [6.07, 6.45) is 68.3. The summed E-state index contributed by atoms with van der Waals surface area (Å²) in [7, 11) is 0. The summed E-state index contributed by atoms with van der Waals surface area (Å²) in [5.74, 6) is 1.77. The van der Waals surface area contributed by atoms with Crippen LogP contribution in [0.25, 0.3) is 0 Å². The lowest BCUT2D eigenvalue weighted by atomic mass is 9.99. The maximum atomic E-state index is 13.0. The average molecular weight is 1070 g/mol. The molecule has 0 aliphatic rings. The second kappa shape index (κ2) is 61.0. The zero-order valence-electron chi connectivity index (χ0n) is 52.6. The molecule has 0 spiro atoms. The molecule has 2 atom stereocenters. The number of hydrogen-bond acceptors (Lipinski definition) is 6. The van der Waals surface area contributed by atoms with Crippen LogP contribution in [0, 0.1) is 17.8 Å². The van der Waals surface area contributed by atoms with Crippen molar-refractivity contribution in [3.05, 3.63) is 0 Å². The van der Waals surface area contributed by atoms with E-state index in [1.54, 1.807) is 0 Å². The van der Waals surface area contributed by atoms with Gasteiger partial charge < -0.3 is 14.2 Å². The minimum atomic E-state index is -0.765. The van der Waals surface area contributed by atoms with Crippen LogP contribution in [0.3, 0.4) is 0 Å². The predicted octanol–water partition coefficient (Wildman–Crippen LogP) is 23.4. The Morgan fingerprint density at radius 2 is 0.461 bits per heavy atom. The van der Waals surface area contributed by atoms with E-state index in [1.165, 1.54) is 276 Å². The fraction of sp³-hybridized carbons (Fsp3) is 0.957. The van der Waals surface area contributed by atoms with Gasteiger partial charge in [0.15, 0.2) is 6.10 Å². The molecule has 6 heteroatoms. The van der Waals surface area contributed by atoms with Gasteiger partial charge in [-0.1, -0.05) is 356 Å². The maximum absolute atomic E-state index is 13.0. The van der Waals surface area contributed by atoms with Gasteiger partial charge >= 0.3 is 17.9 Å². The fourth-order valence-electron chi connectivity index (χ4n) is 10.9. The Morgan fingerprint density at radius 1 is 0.263 bits per heavy atom. The maximum Gasteiger partial charge on any atom is 0.306 e. The van der Waals surface area contributed by atoms with E-state index in [-0.39, 0.29) is 31.1 Å². The quantitative estimate of drug-likeness (QED) is 0.0343. The smallest absolute Gasteiger partial charge is 0.306 e. The summed E-state index contributed by atoms with van der Waals surface area (Å²) in [6, 6.07) is 0. The van der Waals surface area contributed by atoms with Gasteiger partial charge in [-0.15, -0.1) is 0 Å². The summed E-state index contributed by atoms with van der Waals surface area (Å²) < 4.78 is 17.0. The van der Waals surface area contributed by atoms with Crippen molar-refractivity contribution >= 4 is 17.9 Å². The highest BCUT2D eigenvalue weighted by Crippen LogP contribution is 2.20. The number of esters is 3. The Morgan fingerprint density at radius 3 is 0.684 bits per heavy atom. The summed E-state index contributed by atoms with van der Waals surface area (Å²) in [5.41, 5.74) is 0. The third-order valence-corrected chi connectivity index (χ3v) is 16.5. The van der Waals surface area contributed by atoms with Crippen LogP contribution in [0.2, 0.25) is 0 Å². The molecule has 0 heterocycles. The molecule has 0 saturated carbocycles. The molecule has 0 aromatic carbocycles. The second-order valence-corrected chi connectivity index (χ2v) is 25.4. The van der Waals surface area contributed by atoms with Crippen LogP contribution in [0.4, 0.5) is 0 Å². The van der Waals surface area contributed by atoms with Crippen molar-refractivity contribution in [2.75, 3.05) is 13.2 Å². The van der Waals surface area contributed by atoms with Gasteiger partial charge in [-0.25, -0.2) is 0 Å². The number of carbonyl (C=O) groups excluding carboxylic acids is 3. The molecule has 76 heavy (non-hydrogen) atoms. The van der Waals surface area contributed by atoms with E-state index in [4.69, 9.17) is 14.2 Å². The van der Waals surface area contributed by atoms with Crippen molar-refractivity contribution in [3.63, 3.8) is 0 Å². The van der Waals surface area contributed by atoms with Gasteiger partial charge in [0.2, 0.25) is 0 Å². The first kappa shape index (κ1) is 74.4. The van der Waals surface area contributed by atoms with Crippen LogP contribution in [-0.2, 0) is 28.6 Å². The Hall–Kier alpha value is -1.59. The zero-order valence-corrected chi connectivity index (χ0v) is 52.6. The first-order chi connectivity index (χ1) is 37.1. The van der Waals surface area contributed by atoms with Gasteiger partial charge in [-0.2, -0.15) is 0 Å². The molecule has 0 aromatic heterocycles. The van der Waals surface area contributed by atoms with Crippen molar-refractivity contribution in [2.45, 2.75) is 401 Å². The van der Waals surface area contributed by atoms with Crippen LogP contribution in [-0.4, -0.2) is 37.2 Å². The molecular formula is C70H136O6. The number of ether oxygens (including phenoxy) is 3. The van der Waals surface area contributed by atoms with Gasteiger partial charge in [0, 0.05) is 19.3 Å². The molecule has 0 amide bonds. The summed E-state index contributed by atoms with van der Waals surface area (Å²) >= 11 is 0. The van der Waals surface area contributed by atoms with Gasteiger partial charge in [0.05, 0.1) is 0 Å². The molecule has 0 fully saturated rings. The van der Waals surface area contributed by atoms with E-state index < -0.39 is 6.10 Å². The molecule has 0 radical (unpaired) electrons. The highest BCUT2D eigenvalue weighted by molar-refractivity contribution is 5.71. The monoisotopic (exact) mass is 1070 g/mol. The Balaban J connectivity index is 4.26. The Kier molecular flexibility index (Phi) is 59.8. The van der Waals surface area contributed by atoms with E-state index >= 15 is 0 Å². The van der Waals surface area contributed by atoms with E-state index in [0.29, 0.717) is 19.3 Å². The normalized spacial score (nSPS) is 12.5. The van der Waals surface area contributed by atoms with Gasteiger partial charge in [0.1, 0.15) is 13.2 Å². The lowest BCUT2D eigenvalue weighted by Gasteiger charge is -2.18. The standard InChI is InChI=1S/C70H136O6/c1-7-66(6)58-52-46-40-34-28-21-17-13-9-11-15-19-23-31-37-43-49-55-61-70(73)76-67(63-75-69(72)60-54-48-42-36-30-25-24-27-33-39-45-51-57-65(4)5)62-74-68(71)59-53-47-41-35-29-22-18-14-10-8-12-16-20-26-32-38-44-50-56-64(2)3/h64-67H,7-63H2,1-6H3/t66?,67-/m1/s1. The van der Waals surface area contributed by atoms with Crippen molar-refractivity contribution in [3.8, 4) is 0 Å². The summed E-state index contributed by atoms with van der Waals surface area (Å²) in [6.45, 7) is 13.9. The van der Waals surface area contributed by atoms with E-state index in [1.807, 2.05) is 0 Å². The third-order valence-electron chi connectivity index (χ3n) is 16.5. The minimum absolute atomic E-state index is 0.0620. The van der Waals surface area contributed by atoms with Crippen molar-refractivity contribution < 1.29 is 28.6 Å². The topological polar surface area (TPSA) is 78.9 Å². The van der Waals surface area contributed by atoms with Crippen LogP contribution < -0.4 is 0 Å². The van der Waals surface area contributed by atoms with Crippen molar-refractivity contribution in [2.24, 2.45) is 17.8 Å². The highest BCUT2D eigenvalue weighted by Gasteiger charge is 2.20. The first-order valence-electron chi connectivity index (χ1n) is 34.6. The average Bonchev–Trinajstić information content (AvgIpc) is 3.40. The molecule has 1 unspecified atom stereocenters. The molecule has 452 valence electrons. The van der Waals surface area contributed by atoms with E-state index in [0.717, 1.165) is 75.5 Å². The Bertz CT molecular complexity index is 1180. The summed E-state index contributed by atoms with van der Waals surface area (Å²) in [5, 5.41) is 0. The molecule has 0 aliphatic heterocycles. The van der Waals surface area contributed by atoms with Gasteiger partial charge in [-0.05, 0) is 37.0 Å². The van der Waals surface area contributed by atoms with Gasteiger partial charge in [0.25, 0.3) is 0 Å². The first-order valence-corrected chi connectivity index (χ1v) is 34.6. The molecule has 0 bridgehead atoms. The number of hydrogen-bond donors (Lipinski definition) is 0. The Labute approximate surface area is 476 Å². The van der Waals surface area contributed by atoms with E-state index in [2.05, 4.69) is 41.5 Å². The molecule has 0 aromatic rings.